The van der Waals surface area contributed by atoms with E-state index in [1.165, 1.54) is 0 Å². The van der Waals surface area contributed by atoms with Gasteiger partial charge in [-0.3, -0.25) is 14.3 Å². The fourth-order valence-corrected chi connectivity index (χ4v) is 4.39. The standard InChI is InChI=1S/C23H24N4O3/c1-26-21(28)15-19(17-7-10-24-11-8-17)25-22(26)27-12-14-30-23(16-27)9-4-13-29-20-6-3-2-5-18(20)23/h2-3,5-8,10-11,15H,4,9,12-14,16H2,1H3. The van der Waals surface area contributed by atoms with E-state index in [1.807, 2.05) is 30.3 Å². The Labute approximate surface area is 174 Å². The number of para-hydroxylation sites is 1. The minimum Gasteiger partial charge on any atom is -0.493 e. The number of nitrogens with zero attached hydrogens (tertiary/aromatic N) is 4. The SMILES string of the molecule is Cn1c(N2CCOC3(CCCOc4ccccc43)C2)nc(-c2ccncc2)cc1=O. The van der Waals surface area contributed by atoms with E-state index in [4.69, 9.17) is 14.5 Å². The fraction of sp³-hybridized carbons (Fsp3) is 0.348. The van der Waals surface area contributed by atoms with Gasteiger partial charge < -0.3 is 14.4 Å². The van der Waals surface area contributed by atoms with Crippen LogP contribution in [0.4, 0.5) is 5.95 Å². The molecule has 0 bridgehead atoms. The lowest BCUT2D eigenvalue weighted by atomic mass is 9.87. The van der Waals surface area contributed by atoms with E-state index in [0.717, 1.165) is 29.7 Å². The summed E-state index contributed by atoms with van der Waals surface area (Å²) in [6, 6.07) is 13.4. The van der Waals surface area contributed by atoms with Crippen LogP contribution in [0.1, 0.15) is 18.4 Å². The van der Waals surface area contributed by atoms with Gasteiger partial charge in [-0.05, 0) is 31.0 Å². The quantitative estimate of drug-likeness (QED) is 0.654. The van der Waals surface area contributed by atoms with Crippen LogP contribution in [0.2, 0.25) is 0 Å². The van der Waals surface area contributed by atoms with Crippen LogP contribution in [0.15, 0.2) is 59.7 Å². The zero-order valence-corrected chi connectivity index (χ0v) is 17.0. The van der Waals surface area contributed by atoms with Gasteiger partial charge in [0.1, 0.15) is 11.4 Å². The summed E-state index contributed by atoms with van der Waals surface area (Å²) in [6.07, 6.45) is 5.19. The van der Waals surface area contributed by atoms with Crippen LogP contribution in [0.25, 0.3) is 11.3 Å². The Bertz CT molecular complexity index is 1110. The topological polar surface area (TPSA) is 69.5 Å². The number of ether oxygens (including phenoxy) is 2. The lowest BCUT2D eigenvalue weighted by Crippen LogP contribution is -2.51. The molecule has 4 heterocycles. The minimum atomic E-state index is -0.476. The molecule has 3 aromatic rings. The van der Waals surface area contributed by atoms with Crippen molar-refractivity contribution in [3.8, 4) is 17.0 Å². The van der Waals surface area contributed by atoms with Crippen molar-refractivity contribution in [1.82, 2.24) is 14.5 Å². The Hall–Kier alpha value is -3.19. The van der Waals surface area contributed by atoms with Crippen LogP contribution in [0.3, 0.4) is 0 Å². The molecule has 30 heavy (non-hydrogen) atoms. The smallest absolute Gasteiger partial charge is 0.255 e. The third-order valence-corrected chi connectivity index (χ3v) is 5.92. The van der Waals surface area contributed by atoms with E-state index >= 15 is 0 Å². The van der Waals surface area contributed by atoms with Crippen LogP contribution >= 0.6 is 0 Å². The molecule has 0 radical (unpaired) electrons. The Morgan fingerprint density at radius 3 is 2.80 bits per heavy atom. The average Bonchev–Trinajstić information content (AvgIpc) is 2.96. The van der Waals surface area contributed by atoms with Gasteiger partial charge in [0.25, 0.3) is 5.56 Å². The highest BCUT2D eigenvalue weighted by atomic mass is 16.5. The number of pyridine rings is 1. The van der Waals surface area contributed by atoms with Crippen molar-refractivity contribution in [1.29, 1.82) is 0 Å². The molecule has 1 fully saturated rings. The van der Waals surface area contributed by atoms with Gasteiger partial charge in [0.05, 0.1) is 25.5 Å². The summed E-state index contributed by atoms with van der Waals surface area (Å²) >= 11 is 0. The fourth-order valence-electron chi connectivity index (χ4n) is 4.39. The molecule has 0 N–H and O–H groups in total. The lowest BCUT2D eigenvalue weighted by Gasteiger charge is -2.43. The van der Waals surface area contributed by atoms with Crippen molar-refractivity contribution in [3.63, 3.8) is 0 Å². The summed E-state index contributed by atoms with van der Waals surface area (Å²) in [5.74, 6) is 1.53. The second-order valence-electron chi connectivity index (χ2n) is 7.79. The summed E-state index contributed by atoms with van der Waals surface area (Å²) in [5, 5.41) is 0. The van der Waals surface area contributed by atoms with Crippen molar-refractivity contribution >= 4 is 5.95 Å². The molecule has 1 aromatic carbocycles. The highest BCUT2D eigenvalue weighted by Crippen LogP contribution is 2.42. The molecule has 1 atom stereocenters. The second kappa shape index (κ2) is 7.57. The summed E-state index contributed by atoms with van der Waals surface area (Å²) < 4.78 is 14.0. The Morgan fingerprint density at radius 1 is 1.10 bits per heavy atom. The molecule has 0 amide bonds. The van der Waals surface area contributed by atoms with Crippen molar-refractivity contribution in [2.45, 2.75) is 18.4 Å². The van der Waals surface area contributed by atoms with Crippen molar-refractivity contribution in [3.05, 3.63) is 70.8 Å². The van der Waals surface area contributed by atoms with Crippen LogP contribution in [0.5, 0.6) is 5.75 Å². The Kier molecular flexibility index (Phi) is 4.75. The molecule has 1 spiro atoms. The van der Waals surface area contributed by atoms with Gasteiger partial charge in [0.15, 0.2) is 0 Å². The third-order valence-electron chi connectivity index (χ3n) is 5.92. The molecule has 2 aromatic heterocycles. The summed E-state index contributed by atoms with van der Waals surface area (Å²) in [6.45, 7) is 2.53. The van der Waals surface area contributed by atoms with E-state index in [0.29, 0.717) is 37.9 Å². The van der Waals surface area contributed by atoms with Gasteiger partial charge in [-0.2, -0.15) is 0 Å². The zero-order chi connectivity index (χ0) is 20.6. The normalized spacial score (nSPS) is 21.0. The number of rotatable bonds is 2. The molecule has 0 aliphatic carbocycles. The molecule has 5 rings (SSSR count). The largest absolute Gasteiger partial charge is 0.493 e. The van der Waals surface area contributed by atoms with Gasteiger partial charge in [-0.15, -0.1) is 0 Å². The molecule has 1 unspecified atom stereocenters. The maximum atomic E-state index is 12.7. The number of anilines is 1. The van der Waals surface area contributed by atoms with Crippen LogP contribution in [-0.4, -0.2) is 40.8 Å². The highest BCUT2D eigenvalue weighted by Gasteiger charge is 2.42. The second-order valence-corrected chi connectivity index (χ2v) is 7.79. The molecule has 0 saturated carbocycles. The van der Waals surface area contributed by atoms with Crippen LogP contribution in [0, 0.1) is 0 Å². The summed E-state index contributed by atoms with van der Waals surface area (Å²) in [5.41, 5.74) is 2.04. The van der Waals surface area contributed by atoms with E-state index in [9.17, 15) is 4.79 Å². The van der Waals surface area contributed by atoms with Gasteiger partial charge in [-0.25, -0.2) is 4.98 Å². The average molecular weight is 404 g/mol. The van der Waals surface area contributed by atoms with E-state index in [-0.39, 0.29) is 5.56 Å². The lowest BCUT2D eigenvalue weighted by molar-refractivity contribution is -0.0666. The van der Waals surface area contributed by atoms with Crippen molar-refractivity contribution in [2.24, 2.45) is 7.05 Å². The first kappa shape index (κ1) is 18.8. The summed E-state index contributed by atoms with van der Waals surface area (Å²) in [7, 11) is 1.77. The van der Waals surface area contributed by atoms with Crippen molar-refractivity contribution in [2.75, 3.05) is 31.2 Å². The first-order chi connectivity index (χ1) is 14.7. The molecule has 2 aliphatic heterocycles. The predicted octanol–water partition coefficient (Wildman–Crippen LogP) is 2.75. The molecular formula is C23H24N4O3. The zero-order valence-electron chi connectivity index (χ0n) is 17.0. The van der Waals surface area contributed by atoms with Crippen LogP contribution < -0.4 is 15.2 Å². The van der Waals surface area contributed by atoms with Gasteiger partial charge in [0, 0.05) is 43.2 Å². The van der Waals surface area contributed by atoms with E-state index in [2.05, 4.69) is 16.0 Å². The molecule has 7 heteroatoms. The molecular weight excluding hydrogens is 380 g/mol. The summed E-state index contributed by atoms with van der Waals surface area (Å²) in [4.78, 5) is 23.8. The van der Waals surface area contributed by atoms with Gasteiger partial charge in [0.2, 0.25) is 5.95 Å². The first-order valence-corrected chi connectivity index (χ1v) is 10.3. The number of morpholine rings is 1. The maximum absolute atomic E-state index is 12.7. The number of fused-ring (bicyclic) bond motifs is 2. The van der Waals surface area contributed by atoms with Gasteiger partial charge >= 0.3 is 0 Å². The number of benzene rings is 1. The Balaban J connectivity index is 1.56. The first-order valence-electron chi connectivity index (χ1n) is 10.3. The van der Waals surface area contributed by atoms with E-state index in [1.54, 1.807) is 30.1 Å². The highest BCUT2D eigenvalue weighted by molar-refractivity contribution is 5.59. The number of hydrogen-bond acceptors (Lipinski definition) is 6. The molecule has 2 aliphatic rings. The van der Waals surface area contributed by atoms with Crippen LogP contribution in [-0.2, 0) is 17.4 Å². The maximum Gasteiger partial charge on any atom is 0.255 e. The Morgan fingerprint density at radius 2 is 1.93 bits per heavy atom. The monoisotopic (exact) mass is 404 g/mol. The van der Waals surface area contributed by atoms with Gasteiger partial charge in [-0.1, -0.05) is 18.2 Å². The minimum absolute atomic E-state index is 0.0862. The molecule has 1 saturated heterocycles. The third kappa shape index (κ3) is 3.25. The number of hydrogen-bond donors (Lipinski definition) is 0. The predicted molar refractivity (Wildman–Crippen MR) is 114 cm³/mol. The number of aromatic nitrogens is 3. The van der Waals surface area contributed by atoms with E-state index < -0.39 is 5.60 Å². The molecule has 7 nitrogen and oxygen atoms in total. The van der Waals surface area contributed by atoms with Crippen molar-refractivity contribution < 1.29 is 9.47 Å². The molecule has 154 valence electrons.